The molecule has 1 heterocycles. The van der Waals surface area contributed by atoms with Gasteiger partial charge in [-0.3, -0.25) is 0 Å². The van der Waals surface area contributed by atoms with E-state index in [1.54, 1.807) is 11.2 Å². The number of rotatable bonds is 4. The monoisotopic (exact) mass is 362 g/mol. The quantitative estimate of drug-likeness (QED) is 0.599. The Labute approximate surface area is 132 Å². The summed E-state index contributed by atoms with van der Waals surface area (Å²) < 4.78 is 26.2. The van der Waals surface area contributed by atoms with Crippen LogP contribution in [0.15, 0.2) is 30.3 Å². The lowest BCUT2D eigenvalue weighted by Crippen LogP contribution is -3.00. The average molecular weight is 363 g/mol. The smallest absolute Gasteiger partial charge is 0.214 e. The highest BCUT2D eigenvalue weighted by Gasteiger charge is 2.33. The molecule has 2 rings (SSSR count). The molecule has 1 aliphatic rings. The van der Waals surface area contributed by atoms with Gasteiger partial charge in [0, 0.05) is 5.56 Å². The van der Waals surface area contributed by atoms with Gasteiger partial charge in [0.2, 0.25) is 10.0 Å². The number of likely N-dealkylation sites (N-methyl/N-ethyl adjacent to an activating group) is 1. The molecule has 4 nitrogen and oxygen atoms in total. The van der Waals surface area contributed by atoms with Crippen LogP contribution in [0.2, 0.25) is 0 Å². The molecule has 20 heavy (non-hydrogen) atoms. The summed E-state index contributed by atoms with van der Waals surface area (Å²) >= 11 is 0. The van der Waals surface area contributed by atoms with Crippen molar-refractivity contribution in [2.75, 3.05) is 39.0 Å². The number of hydrogen-bond acceptors (Lipinski definition) is 2. The molecule has 1 aromatic rings. The number of hydrogen-bond donors (Lipinski definition) is 0. The molecule has 0 bridgehead atoms. The molecule has 0 spiro atoms. The largest absolute Gasteiger partial charge is 1.00 e. The third kappa shape index (κ3) is 4.28. The summed E-state index contributed by atoms with van der Waals surface area (Å²) in [7, 11) is -0.810. The zero-order chi connectivity index (χ0) is 13.9. The predicted molar refractivity (Wildman–Crippen MR) is 77.1 cm³/mol. The van der Waals surface area contributed by atoms with Gasteiger partial charge in [0.1, 0.15) is 6.54 Å². The molecule has 0 saturated carbocycles. The number of quaternary nitrogens is 1. The SMILES string of the molecule is CCS(=O)(=O)N1CC[N+](C)(Cc2ccccc2)CC1.[Br-]. The van der Waals surface area contributed by atoms with Crippen LogP contribution in [0.25, 0.3) is 0 Å². The van der Waals surface area contributed by atoms with Gasteiger partial charge in [0.15, 0.2) is 0 Å². The van der Waals surface area contributed by atoms with Gasteiger partial charge in [0.25, 0.3) is 0 Å². The summed E-state index contributed by atoms with van der Waals surface area (Å²) in [5, 5.41) is 0. The summed E-state index contributed by atoms with van der Waals surface area (Å²) in [4.78, 5) is 0. The zero-order valence-corrected chi connectivity index (χ0v) is 14.5. The molecule has 0 atom stereocenters. The second-order valence-electron chi connectivity index (χ2n) is 5.51. The van der Waals surface area contributed by atoms with Crippen LogP contribution in [-0.2, 0) is 16.6 Å². The minimum atomic E-state index is -3.02. The molecular formula is C14H23BrN2O2S. The molecule has 0 aromatic heterocycles. The maximum absolute atomic E-state index is 11.8. The molecule has 0 aliphatic carbocycles. The summed E-state index contributed by atoms with van der Waals surface area (Å²) in [6.07, 6.45) is 0. The van der Waals surface area contributed by atoms with Gasteiger partial charge in [-0.2, -0.15) is 4.31 Å². The highest BCUT2D eigenvalue weighted by Crippen LogP contribution is 2.17. The van der Waals surface area contributed by atoms with Crippen LogP contribution in [0.1, 0.15) is 12.5 Å². The average Bonchev–Trinajstić information content (AvgIpc) is 2.40. The zero-order valence-electron chi connectivity index (χ0n) is 12.1. The highest BCUT2D eigenvalue weighted by atomic mass is 79.9. The molecule has 0 amide bonds. The van der Waals surface area contributed by atoms with E-state index in [4.69, 9.17) is 0 Å². The first-order valence-electron chi connectivity index (χ1n) is 6.80. The topological polar surface area (TPSA) is 37.4 Å². The number of piperazine rings is 1. The van der Waals surface area contributed by atoms with Gasteiger partial charge in [0.05, 0.1) is 39.0 Å². The van der Waals surface area contributed by atoms with E-state index in [-0.39, 0.29) is 22.7 Å². The summed E-state index contributed by atoms with van der Waals surface area (Å²) in [6.45, 7) is 5.73. The minimum Gasteiger partial charge on any atom is -1.00 e. The van der Waals surface area contributed by atoms with Crippen molar-refractivity contribution in [3.63, 3.8) is 0 Å². The summed E-state index contributed by atoms with van der Waals surface area (Å²) in [5.41, 5.74) is 1.32. The van der Waals surface area contributed by atoms with Crippen molar-refractivity contribution in [2.24, 2.45) is 0 Å². The molecule has 1 saturated heterocycles. The number of benzene rings is 1. The first-order chi connectivity index (χ1) is 8.95. The Morgan fingerprint density at radius 3 is 2.20 bits per heavy atom. The van der Waals surface area contributed by atoms with Crippen LogP contribution in [0.5, 0.6) is 0 Å². The fourth-order valence-electron chi connectivity index (χ4n) is 2.57. The molecule has 1 fully saturated rings. The van der Waals surface area contributed by atoms with Crippen molar-refractivity contribution < 1.29 is 29.9 Å². The van der Waals surface area contributed by atoms with Crippen LogP contribution < -0.4 is 17.0 Å². The van der Waals surface area contributed by atoms with Gasteiger partial charge in [-0.15, -0.1) is 0 Å². The fraction of sp³-hybridized carbons (Fsp3) is 0.571. The number of nitrogens with zero attached hydrogens (tertiary/aromatic N) is 2. The van der Waals surface area contributed by atoms with Crippen LogP contribution in [0.3, 0.4) is 0 Å². The molecule has 1 aliphatic heterocycles. The van der Waals surface area contributed by atoms with Gasteiger partial charge < -0.3 is 21.5 Å². The first-order valence-corrected chi connectivity index (χ1v) is 8.41. The molecule has 1 aromatic carbocycles. The fourth-order valence-corrected chi connectivity index (χ4v) is 3.66. The van der Waals surface area contributed by atoms with Crippen LogP contribution in [-0.4, -0.2) is 56.2 Å². The molecule has 6 heteroatoms. The van der Waals surface area contributed by atoms with Gasteiger partial charge >= 0.3 is 0 Å². The Balaban J connectivity index is 0.00000200. The molecule has 0 N–H and O–H groups in total. The standard InChI is InChI=1S/C14H23N2O2S.BrH/c1-3-19(17,18)15-9-11-16(2,12-10-15)13-14-7-5-4-6-8-14;/h4-8H,3,9-13H2,1-2H3;1H/q+1;/p-1. The normalized spacial score (nSPS) is 19.3. The van der Waals surface area contributed by atoms with Crippen LogP contribution >= 0.6 is 0 Å². The van der Waals surface area contributed by atoms with E-state index in [0.29, 0.717) is 13.1 Å². The van der Waals surface area contributed by atoms with Gasteiger partial charge in [-0.25, -0.2) is 8.42 Å². The Bertz CT molecular complexity index is 511. The minimum absolute atomic E-state index is 0. The Hall–Kier alpha value is -0.430. The molecule has 0 unspecified atom stereocenters. The summed E-state index contributed by atoms with van der Waals surface area (Å²) in [5.74, 6) is 0.204. The lowest BCUT2D eigenvalue weighted by molar-refractivity contribution is -0.925. The van der Waals surface area contributed by atoms with Crippen molar-refractivity contribution in [3.05, 3.63) is 35.9 Å². The van der Waals surface area contributed by atoms with Crippen molar-refractivity contribution in [1.82, 2.24) is 4.31 Å². The third-order valence-corrected chi connectivity index (χ3v) is 5.83. The number of halogens is 1. The van der Waals surface area contributed by atoms with E-state index in [1.165, 1.54) is 5.56 Å². The van der Waals surface area contributed by atoms with Crippen molar-refractivity contribution in [1.29, 1.82) is 0 Å². The Morgan fingerprint density at radius 2 is 1.70 bits per heavy atom. The van der Waals surface area contributed by atoms with E-state index < -0.39 is 10.0 Å². The van der Waals surface area contributed by atoms with E-state index in [1.807, 2.05) is 6.07 Å². The Morgan fingerprint density at radius 1 is 1.15 bits per heavy atom. The van der Waals surface area contributed by atoms with Crippen molar-refractivity contribution in [3.8, 4) is 0 Å². The summed E-state index contributed by atoms with van der Waals surface area (Å²) in [6, 6.07) is 10.4. The van der Waals surface area contributed by atoms with Crippen LogP contribution in [0, 0.1) is 0 Å². The predicted octanol–water partition coefficient (Wildman–Crippen LogP) is -1.70. The lowest BCUT2D eigenvalue weighted by atomic mass is 10.1. The van der Waals surface area contributed by atoms with Crippen molar-refractivity contribution in [2.45, 2.75) is 13.5 Å². The maximum Gasteiger partial charge on any atom is 0.214 e. The van der Waals surface area contributed by atoms with Crippen LogP contribution in [0.4, 0.5) is 0 Å². The molecule has 114 valence electrons. The first kappa shape index (κ1) is 17.6. The van der Waals surface area contributed by atoms with Gasteiger partial charge in [-0.1, -0.05) is 30.3 Å². The van der Waals surface area contributed by atoms with E-state index in [0.717, 1.165) is 24.1 Å². The molecular weight excluding hydrogens is 340 g/mol. The van der Waals surface area contributed by atoms with E-state index in [2.05, 4.69) is 31.3 Å². The lowest BCUT2D eigenvalue weighted by Gasteiger charge is -2.41. The van der Waals surface area contributed by atoms with E-state index in [9.17, 15) is 8.42 Å². The third-order valence-electron chi connectivity index (χ3n) is 3.94. The number of sulfonamides is 1. The Kier molecular flexibility index (Phi) is 6.19. The second kappa shape index (κ2) is 7.02. The maximum atomic E-state index is 11.8. The highest BCUT2D eigenvalue weighted by molar-refractivity contribution is 7.89. The second-order valence-corrected chi connectivity index (χ2v) is 7.77. The van der Waals surface area contributed by atoms with E-state index >= 15 is 0 Å². The van der Waals surface area contributed by atoms with Crippen molar-refractivity contribution >= 4 is 10.0 Å². The van der Waals surface area contributed by atoms with Gasteiger partial charge in [-0.05, 0) is 6.92 Å². The molecule has 0 radical (unpaired) electrons.